The van der Waals surface area contributed by atoms with Crippen LogP contribution >= 0.6 is 0 Å². The molecule has 0 saturated heterocycles. The van der Waals surface area contributed by atoms with Crippen LogP contribution in [0.15, 0.2) is 54.6 Å². The average Bonchev–Trinajstić information content (AvgIpc) is 2.60. The van der Waals surface area contributed by atoms with Crippen molar-refractivity contribution in [3.05, 3.63) is 54.6 Å². The Labute approximate surface area is 133 Å². The molecule has 0 bridgehead atoms. The van der Waals surface area contributed by atoms with E-state index in [9.17, 15) is 5.11 Å². The number of methoxy groups -OCH3 is 2. The number of aromatic hydroxyl groups is 1. The van der Waals surface area contributed by atoms with Crippen molar-refractivity contribution >= 4 is 32.3 Å². The third-order valence-corrected chi connectivity index (χ3v) is 4.34. The number of rotatable bonds is 2. The smallest absolute Gasteiger partial charge is 0.161 e. The lowest BCUT2D eigenvalue weighted by Crippen LogP contribution is -1.91. The van der Waals surface area contributed by atoms with Crippen LogP contribution < -0.4 is 9.47 Å². The summed E-state index contributed by atoms with van der Waals surface area (Å²) < 4.78 is 10.8. The second-order valence-electron chi connectivity index (χ2n) is 5.53. The highest BCUT2D eigenvalue weighted by molar-refractivity contribution is 6.19. The Morgan fingerprint density at radius 1 is 0.652 bits per heavy atom. The summed E-state index contributed by atoms with van der Waals surface area (Å²) in [5, 5.41) is 16.5. The lowest BCUT2D eigenvalue weighted by molar-refractivity contribution is 0.356. The first-order valence-corrected chi connectivity index (χ1v) is 7.42. The first kappa shape index (κ1) is 13.7. The molecule has 0 aliphatic heterocycles. The van der Waals surface area contributed by atoms with Gasteiger partial charge in [0.2, 0.25) is 0 Å². The topological polar surface area (TPSA) is 38.7 Å². The molecule has 4 aromatic carbocycles. The van der Waals surface area contributed by atoms with Gasteiger partial charge < -0.3 is 14.6 Å². The molecular weight excluding hydrogens is 288 g/mol. The van der Waals surface area contributed by atoms with Gasteiger partial charge in [-0.3, -0.25) is 0 Å². The third-order valence-electron chi connectivity index (χ3n) is 4.34. The minimum atomic E-state index is 0.287. The normalized spacial score (nSPS) is 11.2. The molecule has 0 aliphatic carbocycles. The van der Waals surface area contributed by atoms with Crippen LogP contribution in [0, 0.1) is 0 Å². The molecule has 0 aliphatic rings. The molecule has 0 heterocycles. The molecule has 0 aromatic heterocycles. The fourth-order valence-corrected chi connectivity index (χ4v) is 3.22. The van der Waals surface area contributed by atoms with Crippen LogP contribution in [0.2, 0.25) is 0 Å². The molecule has 0 spiro atoms. The number of phenolic OH excluding ortho intramolecular Hbond substituents is 1. The fraction of sp³-hybridized carbons (Fsp3) is 0.100. The van der Waals surface area contributed by atoms with Crippen LogP contribution in [0.3, 0.4) is 0 Å². The van der Waals surface area contributed by atoms with Gasteiger partial charge in [-0.05, 0) is 45.1 Å². The van der Waals surface area contributed by atoms with E-state index >= 15 is 0 Å². The van der Waals surface area contributed by atoms with E-state index in [1.807, 2.05) is 42.5 Å². The predicted molar refractivity (Wildman–Crippen MR) is 93.7 cm³/mol. The minimum Gasteiger partial charge on any atom is -0.507 e. The minimum absolute atomic E-state index is 0.287. The number of ether oxygens (including phenoxy) is 2. The lowest BCUT2D eigenvalue weighted by atomic mass is 9.96. The standard InChI is InChI=1S/C20H16O3/c1-22-19-9-12-7-8-14-13-5-3-4-6-15(13)18(21)10-17(14)16(12)11-20(19)23-2/h3-11,21H,1-2H3. The lowest BCUT2D eigenvalue weighted by Gasteiger charge is -2.12. The molecule has 3 nitrogen and oxygen atoms in total. The van der Waals surface area contributed by atoms with E-state index in [0.717, 1.165) is 32.3 Å². The zero-order valence-electron chi connectivity index (χ0n) is 13.0. The second-order valence-corrected chi connectivity index (χ2v) is 5.53. The molecule has 114 valence electrons. The second kappa shape index (κ2) is 5.06. The molecule has 23 heavy (non-hydrogen) atoms. The highest BCUT2D eigenvalue weighted by Crippen LogP contribution is 2.40. The maximum Gasteiger partial charge on any atom is 0.161 e. The van der Waals surface area contributed by atoms with Crippen molar-refractivity contribution in [3.63, 3.8) is 0 Å². The van der Waals surface area contributed by atoms with Crippen LogP contribution in [0.1, 0.15) is 0 Å². The molecule has 3 heteroatoms. The molecule has 4 aromatic rings. The summed E-state index contributed by atoms with van der Waals surface area (Å²) in [6, 6.07) is 17.8. The van der Waals surface area contributed by atoms with Gasteiger partial charge in [0.25, 0.3) is 0 Å². The first-order chi connectivity index (χ1) is 11.2. The summed E-state index contributed by atoms with van der Waals surface area (Å²) >= 11 is 0. The van der Waals surface area contributed by atoms with E-state index in [0.29, 0.717) is 11.5 Å². The van der Waals surface area contributed by atoms with E-state index in [2.05, 4.69) is 12.1 Å². The molecule has 4 rings (SSSR count). The monoisotopic (exact) mass is 304 g/mol. The van der Waals surface area contributed by atoms with E-state index in [1.54, 1.807) is 14.2 Å². The predicted octanol–water partition coefficient (Wildman–Crippen LogP) is 4.87. The number of phenols is 1. The Balaban J connectivity index is 2.20. The van der Waals surface area contributed by atoms with E-state index in [4.69, 9.17) is 9.47 Å². The van der Waals surface area contributed by atoms with Crippen LogP contribution in [0.5, 0.6) is 17.2 Å². The van der Waals surface area contributed by atoms with Crippen molar-refractivity contribution in [2.24, 2.45) is 0 Å². The Kier molecular flexibility index (Phi) is 3.01. The zero-order chi connectivity index (χ0) is 16.0. The van der Waals surface area contributed by atoms with E-state index < -0.39 is 0 Å². The Morgan fingerprint density at radius 2 is 1.30 bits per heavy atom. The maximum atomic E-state index is 10.4. The quantitative estimate of drug-likeness (QED) is 0.537. The van der Waals surface area contributed by atoms with Gasteiger partial charge in [-0.2, -0.15) is 0 Å². The summed E-state index contributed by atoms with van der Waals surface area (Å²) in [4.78, 5) is 0. The fourth-order valence-electron chi connectivity index (χ4n) is 3.22. The van der Waals surface area contributed by atoms with Crippen molar-refractivity contribution in [3.8, 4) is 17.2 Å². The summed E-state index contributed by atoms with van der Waals surface area (Å²) in [6.07, 6.45) is 0. The molecule has 0 saturated carbocycles. The van der Waals surface area contributed by atoms with E-state index in [-0.39, 0.29) is 5.75 Å². The molecule has 0 atom stereocenters. The summed E-state index contributed by atoms with van der Waals surface area (Å²) in [6.45, 7) is 0. The number of benzene rings is 4. The van der Waals surface area contributed by atoms with Gasteiger partial charge in [0.05, 0.1) is 14.2 Å². The summed E-state index contributed by atoms with van der Waals surface area (Å²) in [7, 11) is 3.26. The van der Waals surface area contributed by atoms with Gasteiger partial charge in [-0.25, -0.2) is 0 Å². The molecule has 1 N–H and O–H groups in total. The van der Waals surface area contributed by atoms with Gasteiger partial charge in [-0.1, -0.05) is 36.4 Å². The Bertz CT molecular complexity index is 1050. The van der Waals surface area contributed by atoms with Crippen LogP contribution in [-0.4, -0.2) is 19.3 Å². The van der Waals surface area contributed by atoms with Crippen molar-refractivity contribution in [2.45, 2.75) is 0 Å². The maximum absolute atomic E-state index is 10.4. The molecule has 0 amide bonds. The van der Waals surface area contributed by atoms with Gasteiger partial charge in [0.1, 0.15) is 5.75 Å². The highest BCUT2D eigenvalue weighted by atomic mass is 16.5. The SMILES string of the molecule is COc1cc2ccc3c4ccccc4c(O)cc3c2cc1OC. The van der Waals surface area contributed by atoms with Crippen molar-refractivity contribution in [1.82, 2.24) is 0 Å². The van der Waals surface area contributed by atoms with Crippen molar-refractivity contribution < 1.29 is 14.6 Å². The third kappa shape index (κ3) is 1.97. The summed E-state index contributed by atoms with van der Waals surface area (Å²) in [5.74, 6) is 1.67. The number of hydrogen-bond donors (Lipinski definition) is 1. The van der Waals surface area contributed by atoms with Gasteiger partial charge in [0.15, 0.2) is 11.5 Å². The largest absolute Gasteiger partial charge is 0.507 e. The van der Waals surface area contributed by atoms with Crippen molar-refractivity contribution in [2.75, 3.05) is 14.2 Å². The zero-order valence-corrected chi connectivity index (χ0v) is 13.0. The van der Waals surface area contributed by atoms with Crippen LogP contribution in [-0.2, 0) is 0 Å². The van der Waals surface area contributed by atoms with Crippen LogP contribution in [0.25, 0.3) is 32.3 Å². The number of hydrogen-bond acceptors (Lipinski definition) is 3. The molecular formula is C20H16O3. The van der Waals surface area contributed by atoms with Gasteiger partial charge >= 0.3 is 0 Å². The highest BCUT2D eigenvalue weighted by Gasteiger charge is 2.11. The molecule has 0 unspecified atom stereocenters. The van der Waals surface area contributed by atoms with Crippen molar-refractivity contribution in [1.29, 1.82) is 0 Å². The van der Waals surface area contributed by atoms with Gasteiger partial charge in [0, 0.05) is 5.39 Å². The Morgan fingerprint density at radius 3 is 2.04 bits per heavy atom. The molecule has 0 radical (unpaired) electrons. The first-order valence-electron chi connectivity index (χ1n) is 7.42. The Hall–Kier alpha value is -2.94. The average molecular weight is 304 g/mol. The van der Waals surface area contributed by atoms with Crippen LogP contribution in [0.4, 0.5) is 0 Å². The number of fused-ring (bicyclic) bond motifs is 5. The summed E-state index contributed by atoms with van der Waals surface area (Å²) in [5.41, 5.74) is 0. The van der Waals surface area contributed by atoms with Gasteiger partial charge in [-0.15, -0.1) is 0 Å². The molecule has 0 fully saturated rings. The van der Waals surface area contributed by atoms with E-state index in [1.165, 1.54) is 0 Å².